The molecule has 1 aromatic rings. The molecule has 0 radical (unpaired) electrons. The van der Waals surface area contributed by atoms with Crippen molar-refractivity contribution in [2.75, 3.05) is 13.2 Å². The summed E-state index contributed by atoms with van der Waals surface area (Å²) in [6, 6.07) is 7.12. The number of cyclic esters (lactones) is 1. The number of alkyl carbamates (subject to hydrolysis) is 1. The summed E-state index contributed by atoms with van der Waals surface area (Å²) in [5.74, 6) is -0.437. The average molecular weight is 249 g/mol. The molecule has 6 nitrogen and oxygen atoms in total. The van der Waals surface area contributed by atoms with Gasteiger partial charge in [0.2, 0.25) is 5.91 Å². The summed E-state index contributed by atoms with van der Waals surface area (Å²) in [5.41, 5.74) is 6.66. The van der Waals surface area contributed by atoms with Gasteiger partial charge in [0.15, 0.2) is 0 Å². The maximum Gasteiger partial charge on any atom is 0.407 e. The first-order chi connectivity index (χ1) is 8.65. The van der Waals surface area contributed by atoms with Crippen LogP contribution in [-0.2, 0) is 11.3 Å². The quantitative estimate of drug-likeness (QED) is 0.684. The zero-order chi connectivity index (χ0) is 13.0. The molecule has 2 amide bonds. The second-order valence-corrected chi connectivity index (χ2v) is 4.14. The van der Waals surface area contributed by atoms with Gasteiger partial charge in [-0.15, -0.1) is 0 Å². The van der Waals surface area contributed by atoms with Gasteiger partial charge in [0, 0.05) is 18.7 Å². The lowest BCUT2D eigenvalue weighted by molar-refractivity contribution is 0.1000. The molecule has 1 aromatic carbocycles. The Labute approximate surface area is 104 Å². The fourth-order valence-corrected chi connectivity index (χ4v) is 1.76. The van der Waals surface area contributed by atoms with E-state index >= 15 is 0 Å². The van der Waals surface area contributed by atoms with Gasteiger partial charge in [-0.1, -0.05) is 12.1 Å². The summed E-state index contributed by atoms with van der Waals surface area (Å²) in [6.07, 6.45) is -0.377. The monoisotopic (exact) mass is 249 g/mol. The van der Waals surface area contributed by atoms with Crippen molar-refractivity contribution in [2.24, 2.45) is 5.73 Å². The second-order valence-electron chi connectivity index (χ2n) is 4.14. The van der Waals surface area contributed by atoms with Crippen molar-refractivity contribution in [2.45, 2.75) is 12.6 Å². The summed E-state index contributed by atoms with van der Waals surface area (Å²) >= 11 is 0. The zero-order valence-corrected chi connectivity index (χ0v) is 9.81. The lowest BCUT2D eigenvalue weighted by atomic mass is 10.1. The SMILES string of the molecule is NC(=O)c1cccc(CNCC2COC(=O)N2)c1. The molecule has 1 atom stereocenters. The van der Waals surface area contributed by atoms with Crippen LogP contribution in [0.3, 0.4) is 0 Å². The number of benzene rings is 1. The van der Waals surface area contributed by atoms with E-state index in [0.29, 0.717) is 25.3 Å². The third-order valence-electron chi connectivity index (χ3n) is 2.67. The van der Waals surface area contributed by atoms with Crippen LogP contribution in [-0.4, -0.2) is 31.2 Å². The van der Waals surface area contributed by atoms with Crippen molar-refractivity contribution in [3.63, 3.8) is 0 Å². The third-order valence-corrected chi connectivity index (χ3v) is 2.67. The van der Waals surface area contributed by atoms with Crippen molar-refractivity contribution >= 4 is 12.0 Å². The van der Waals surface area contributed by atoms with Gasteiger partial charge >= 0.3 is 6.09 Å². The molecule has 1 saturated heterocycles. The lowest BCUT2D eigenvalue weighted by Gasteiger charge is -2.09. The molecule has 1 heterocycles. The summed E-state index contributed by atoms with van der Waals surface area (Å²) < 4.78 is 4.77. The van der Waals surface area contributed by atoms with Crippen LogP contribution in [0, 0.1) is 0 Å². The number of primary amides is 1. The Balaban J connectivity index is 1.81. The normalized spacial score (nSPS) is 18.2. The first-order valence-corrected chi connectivity index (χ1v) is 5.68. The van der Waals surface area contributed by atoms with Crippen LogP contribution in [0.4, 0.5) is 4.79 Å². The molecule has 0 spiro atoms. The molecule has 4 N–H and O–H groups in total. The summed E-state index contributed by atoms with van der Waals surface area (Å²) in [7, 11) is 0. The minimum absolute atomic E-state index is 0.00294. The minimum Gasteiger partial charge on any atom is -0.447 e. The van der Waals surface area contributed by atoms with E-state index in [1.165, 1.54) is 0 Å². The van der Waals surface area contributed by atoms with Crippen molar-refractivity contribution in [1.29, 1.82) is 0 Å². The van der Waals surface area contributed by atoms with Crippen LogP contribution in [0.2, 0.25) is 0 Å². The van der Waals surface area contributed by atoms with E-state index < -0.39 is 5.91 Å². The average Bonchev–Trinajstić information content (AvgIpc) is 2.75. The highest BCUT2D eigenvalue weighted by molar-refractivity contribution is 5.92. The van der Waals surface area contributed by atoms with Crippen molar-refractivity contribution in [3.8, 4) is 0 Å². The molecule has 0 aromatic heterocycles. The van der Waals surface area contributed by atoms with Gasteiger partial charge in [-0.25, -0.2) is 4.79 Å². The van der Waals surface area contributed by atoms with Crippen LogP contribution < -0.4 is 16.4 Å². The Bertz CT molecular complexity index is 462. The topological polar surface area (TPSA) is 93.5 Å². The molecule has 2 rings (SSSR count). The first-order valence-electron chi connectivity index (χ1n) is 5.68. The van der Waals surface area contributed by atoms with Gasteiger partial charge in [0.05, 0.1) is 6.04 Å². The summed E-state index contributed by atoms with van der Waals surface area (Å²) in [4.78, 5) is 21.8. The Morgan fingerprint density at radius 3 is 3.06 bits per heavy atom. The first kappa shape index (κ1) is 12.4. The standard InChI is InChI=1S/C12H15N3O3/c13-11(16)9-3-1-2-8(4-9)5-14-6-10-7-18-12(17)15-10/h1-4,10,14H,5-7H2,(H2,13,16)(H,15,17). The zero-order valence-electron chi connectivity index (χ0n) is 9.81. The Hall–Kier alpha value is -2.08. The van der Waals surface area contributed by atoms with Crippen LogP contribution in [0.5, 0.6) is 0 Å². The van der Waals surface area contributed by atoms with Gasteiger partial charge in [0.25, 0.3) is 0 Å². The highest BCUT2D eigenvalue weighted by Gasteiger charge is 2.21. The number of carbonyl (C=O) groups is 2. The smallest absolute Gasteiger partial charge is 0.407 e. The number of carbonyl (C=O) groups excluding carboxylic acids is 2. The Morgan fingerprint density at radius 2 is 2.39 bits per heavy atom. The van der Waals surface area contributed by atoms with Crippen LogP contribution in [0.15, 0.2) is 24.3 Å². The predicted octanol–water partition coefficient (Wildman–Crippen LogP) is -0.0165. The maximum absolute atomic E-state index is 11.0. The van der Waals surface area contributed by atoms with Crippen molar-refractivity contribution < 1.29 is 14.3 Å². The fraction of sp³-hybridized carbons (Fsp3) is 0.333. The molecule has 1 aliphatic rings. The van der Waals surface area contributed by atoms with Gasteiger partial charge in [-0.05, 0) is 17.7 Å². The number of hydrogen-bond donors (Lipinski definition) is 3. The molecule has 18 heavy (non-hydrogen) atoms. The molecule has 96 valence electrons. The number of ether oxygens (including phenoxy) is 1. The van der Waals surface area contributed by atoms with Gasteiger partial charge in [-0.2, -0.15) is 0 Å². The minimum atomic E-state index is -0.437. The number of rotatable bonds is 5. The van der Waals surface area contributed by atoms with E-state index in [1.54, 1.807) is 18.2 Å². The maximum atomic E-state index is 11.0. The highest BCUT2D eigenvalue weighted by Crippen LogP contribution is 2.04. The van der Waals surface area contributed by atoms with Crippen LogP contribution in [0.25, 0.3) is 0 Å². The molecule has 0 saturated carbocycles. The molecular formula is C12H15N3O3. The molecule has 1 aliphatic heterocycles. The largest absolute Gasteiger partial charge is 0.447 e. The highest BCUT2D eigenvalue weighted by atomic mass is 16.6. The Morgan fingerprint density at radius 1 is 1.56 bits per heavy atom. The van der Waals surface area contributed by atoms with E-state index in [2.05, 4.69) is 10.6 Å². The van der Waals surface area contributed by atoms with Crippen molar-refractivity contribution in [1.82, 2.24) is 10.6 Å². The van der Waals surface area contributed by atoms with E-state index in [0.717, 1.165) is 5.56 Å². The van der Waals surface area contributed by atoms with E-state index in [4.69, 9.17) is 10.5 Å². The van der Waals surface area contributed by atoms with Gasteiger partial charge in [-0.3, -0.25) is 4.79 Å². The molecule has 6 heteroatoms. The van der Waals surface area contributed by atoms with Gasteiger partial charge in [0.1, 0.15) is 6.61 Å². The van der Waals surface area contributed by atoms with Crippen LogP contribution in [0.1, 0.15) is 15.9 Å². The van der Waals surface area contributed by atoms with Crippen LogP contribution >= 0.6 is 0 Å². The van der Waals surface area contributed by atoms with Crippen molar-refractivity contribution in [3.05, 3.63) is 35.4 Å². The predicted molar refractivity (Wildman–Crippen MR) is 64.9 cm³/mol. The number of nitrogens with one attached hydrogen (secondary N) is 2. The lowest BCUT2D eigenvalue weighted by Crippen LogP contribution is -2.36. The molecule has 0 bridgehead atoms. The molecule has 0 aliphatic carbocycles. The second kappa shape index (κ2) is 5.50. The Kier molecular flexibility index (Phi) is 3.78. The molecular weight excluding hydrogens is 234 g/mol. The fourth-order valence-electron chi connectivity index (χ4n) is 1.76. The van der Waals surface area contributed by atoms with E-state index in [1.807, 2.05) is 6.07 Å². The van der Waals surface area contributed by atoms with E-state index in [9.17, 15) is 9.59 Å². The van der Waals surface area contributed by atoms with Gasteiger partial charge < -0.3 is 21.1 Å². The number of hydrogen-bond acceptors (Lipinski definition) is 4. The number of nitrogens with two attached hydrogens (primary N) is 1. The van der Waals surface area contributed by atoms with E-state index in [-0.39, 0.29) is 12.1 Å². The summed E-state index contributed by atoms with van der Waals surface area (Å²) in [6.45, 7) is 1.60. The summed E-state index contributed by atoms with van der Waals surface area (Å²) in [5, 5.41) is 5.86. The molecule has 1 fully saturated rings. The number of amides is 2. The third kappa shape index (κ3) is 3.21. The molecule has 1 unspecified atom stereocenters.